The molecule has 1 unspecified atom stereocenters. The van der Waals surface area contributed by atoms with Crippen LogP contribution in [0.1, 0.15) is 12.1 Å². The topological polar surface area (TPSA) is 82.4 Å². The lowest BCUT2D eigenvalue weighted by Crippen LogP contribution is -2.41. The molecule has 1 aromatic rings. The van der Waals surface area contributed by atoms with Gasteiger partial charge in [-0.1, -0.05) is 12.2 Å². The van der Waals surface area contributed by atoms with Crippen LogP contribution in [0.15, 0.2) is 60.9 Å². The fourth-order valence-electron chi connectivity index (χ4n) is 1.81. The molecule has 2 N–H and O–H groups in total. The van der Waals surface area contributed by atoms with E-state index in [2.05, 4.69) is 23.1 Å². The van der Waals surface area contributed by atoms with Crippen molar-refractivity contribution < 1.29 is 14.4 Å². The van der Waals surface area contributed by atoms with E-state index in [-0.39, 0.29) is 6.61 Å². The zero-order valence-electron chi connectivity index (χ0n) is 13.1. The second-order valence-electron chi connectivity index (χ2n) is 4.77. The molecule has 0 saturated carbocycles. The first-order chi connectivity index (χ1) is 11.2. The Labute approximate surface area is 136 Å². The van der Waals surface area contributed by atoms with Gasteiger partial charge in [-0.3, -0.25) is 4.99 Å². The molecule has 0 saturated heterocycles. The molecule has 1 atom stereocenters. The number of ether oxygens (including phenoxy) is 1. The number of allylic oxidation sites excluding steroid dienone is 2. The Bertz CT molecular complexity index is 582. The van der Waals surface area contributed by atoms with Gasteiger partial charge in [0.2, 0.25) is 0 Å². The molecule has 6 heteroatoms. The SMILES string of the molecule is C=CC/C(=C/OCC(O)C[n+]1ccnc(CC=C)c1)N=CC=N. The van der Waals surface area contributed by atoms with Crippen molar-refractivity contribution in [3.05, 3.63) is 61.6 Å². The van der Waals surface area contributed by atoms with Gasteiger partial charge in [0.05, 0.1) is 11.9 Å². The fraction of sp³-hybridized carbons (Fsp3) is 0.294. The number of aromatic nitrogens is 2. The van der Waals surface area contributed by atoms with Gasteiger partial charge >= 0.3 is 0 Å². The predicted octanol–water partition coefficient (Wildman–Crippen LogP) is 1.61. The van der Waals surface area contributed by atoms with E-state index >= 15 is 0 Å². The first-order valence-electron chi connectivity index (χ1n) is 7.27. The highest BCUT2D eigenvalue weighted by Crippen LogP contribution is 2.04. The first-order valence-corrected chi connectivity index (χ1v) is 7.27. The van der Waals surface area contributed by atoms with Gasteiger partial charge in [0.15, 0.2) is 18.9 Å². The van der Waals surface area contributed by atoms with Crippen molar-refractivity contribution in [2.45, 2.75) is 25.5 Å². The summed E-state index contributed by atoms with van der Waals surface area (Å²) in [6, 6.07) is 0. The Balaban J connectivity index is 2.52. The number of hydrogen-bond donors (Lipinski definition) is 2. The summed E-state index contributed by atoms with van der Waals surface area (Å²) in [5.74, 6) is 0. The highest BCUT2D eigenvalue weighted by atomic mass is 16.5. The first kappa shape index (κ1) is 18.4. The molecule has 122 valence electrons. The molecule has 0 amide bonds. The maximum atomic E-state index is 10.0. The number of nitrogens with zero attached hydrogens (tertiary/aromatic N) is 3. The summed E-state index contributed by atoms with van der Waals surface area (Å²) in [7, 11) is 0. The number of aliphatic hydroxyl groups excluding tert-OH is 1. The predicted molar refractivity (Wildman–Crippen MR) is 90.5 cm³/mol. The van der Waals surface area contributed by atoms with Crippen LogP contribution in [-0.2, 0) is 17.7 Å². The van der Waals surface area contributed by atoms with Crippen molar-refractivity contribution in [2.24, 2.45) is 4.99 Å². The standard InChI is InChI=1S/C17H23N4O2/c1-3-5-15-11-21(10-9-20-15)12-17(22)14-23-13-16(6-4-2)19-8-7-18/h3-4,7-11,13,17-18,22H,1-2,5-6,12,14H2/q+1/b16-13-,18-7?,19-8?. The van der Waals surface area contributed by atoms with Gasteiger partial charge in [-0.05, 0) is 0 Å². The van der Waals surface area contributed by atoms with Crippen LogP contribution in [0.5, 0.6) is 0 Å². The highest BCUT2D eigenvalue weighted by Gasteiger charge is 2.12. The molecule has 0 spiro atoms. The lowest BCUT2D eigenvalue weighted by molar-refractivity contribution is -0.704. The molecule has 1 aromatic heterocycles. The molecule has 6 nitrogen and oxygen atoms in total. The van der Waals surface area contributed by atoms with Gasteiger partial charge in [-0.25, -0.2) is 4.98 Å². The number of rotatable bonds is 11. The minimum absolute atomic E-state index is 0.146. The van der Waals surface area contributed by atoms with E-state index in [1.807, 2.05) is 10.8 Å². The third-order valence-electron chi connectivity index (χ3n) is 2.76. The molecule has 0 radical (unpaired) electrons. The zero-order valence-corrected chi connectivity index (χ0v) is 13.1. The van der Waals surface area contributed by atoms with E-state index in [4.69, 9.17) is 10.1 Å². The Kier molecular flexibility index (Phi) is 8.85. The summed E-state index contributed by atoms with van der Waals surface area (Å²) in [6.07, 6.45) is 13.3. The minimum Gasteiger partial charge on any atom is -0.496 e. The average molecular weight is 315 g/mol. The van der Waals surface area contributed by atoms with Crippen LogP contribution in [-0.4, -0.2) is 35.2 Å². The Morgan fingerprint density at radius 2 is 2.30 bits per heavy atom. The normalized spacial score (nSPS) is 12.8. The summed E-state index contributed by atoms with van der Waals surface area (Å²) in [5.41, 5.74) is 1.53. The smallest absolute Gasteiger partial charge is 0.190 e. The fourth-order valence-corrected chi connectivity index (χ4v) is 1.81. The van der Waals surface area contributed by atoms with E-state index in [0.29, 0.717) is 25.1 Å². The van der Waals surface area contributed by atoms with Crippen LogP contribution >= 0.6 is 0 Å². The van der Waals surface area contributed by atoms with E-state index < -0.39 is 6.10 Å². The molecular weight excluding hydrogens is 292 g/mol. The quantitative estimate of drug-likeness (QED) is 0.282. The maximum absolute atomic E-state index is 10.0. The molecule has 0 bridgehead atoms. The van der Waals surface area contributed by atoms with E-state index in [1.54, 1.807) is 24.5 Å². The molecule has 1 rings (SSSR count). The number of nitrogens with one attached hydrogen (secondary N) is 1. The lowest BCUT2D eigenvalue weighted by Gasteiger charge is -2.08. The van der Waals surface area contributed by atoms with Crippen LogP contribution in [0.25, 0.3) is 0 Å². The Morgan fingerprint density at radius 3 is 3.00 bits per heavy atom. The van der Waals surface area contributed by atoms with Crippen LogP contribution in [0.2, 0.25) is 0 Å². The van der Waals surface area contributed by atoms with Crippen LogP contribution in [0.4, 0.5) is 0 Å². The van der Waals surface area contributed by atoms with Crippen LogP contribution in [0, 0.1) is 5.41 Å². The molecule has 0 aliphatic carbocycles. The number of aliphatic hydroxyl groups is 1. The molecule has 23 heavy (non-hydrogen) atoms. The monoisotopic (exact) mass is 315 g/mol. The minimum atomic E-state index is -0.660. The molecule has 0 fully saturated rings. The van der Waals surface area contributed by atoms with Gasteiger partial charge in [-0.2, -0.15) is 4.57 Å². The van der Waals surface area contributed by atoms with Crippen molar-refractivity contribution in [3.63, 3.8) is 0 Å². The second kappa shape index (κ2) is 11.0. The molecule has 0 aliphatic rings. The maximum Gasteiger partial charge on any atom is 0.190 e. The molecule has 0 aromatic carbocycles. The summed E-state index contributed by atoms with van der Waals surface area (Å²) in [6.45, 7) is 7.87. The third-order valence-corrected chi connectivity index (χ3v) is 2.76. The van der Waals surface area contributed by atoms with Crippen molar-refractivity contribution in [2.75, 3.05) is 6.61 Å². The lowest BCUT2D eigenvalue weighted by atomic mass is 10.3. The van der Waals surface area contributed by atoms with Crippen LogP contribution < -0.4 is 4.57 Å². The van der Waals surface area contributed by atoms with Crippen LogP contribution in [0.3, 0.4) is 0 Å². The molecule has 1 heterocycles. The van der Waals surface area contributed by atoms with Gasteiger partial charge in [0, 0.05) is 25.3 Å². The van der Waals surface area contributed by atoms with E-state index in [0.717, 1.165) is 11.9 Å². The average Bonchev–Trinajstić information content (AvgIpc) is 2.53. The Morgan fingerprint density at radius 1 is 1.48 bits per heavy atom. The largest absolute Gasteiger partial charge is 0.496 e. The van der Waals surface area contributed by atoms with Gasteiger partial charge in [0.25, 0.3) is 0 Å². The van der Waals surface area contributed by atoms with Crippen molar-refractivity contribution in [3.8, 4) is 0 Å². The summed E-state index contributed by atoms with van der Waals surface area (Å²) in [5, 5.41) is 17.0. The summed E-state index contributed by atoms with van der Waals surface area (Å²) >= 11 is 0. The van der Waals surface area contributed by atoms with E-state index in [1.165, 1.54) is 12.5 Å². The van der Waals surface area contributed by atoms with Gasteiger partial charge in [-0.15, -0.1) is 13.2 Å². The molecular formula is C17H23N4O2+. The summed E-state index contributed by atoms with van der Waals surface area (Å²) in [4.78, 5) is 8.25. The Hall–Kier alpha value is -2.60. The molecule has 0 aliphatic heterocycles. The van der Waals surface area contributed by atoms with Crippen molar-refractivity contribution in [1.29, 1.82) is 5.41 Å². The van der Waals surface area contributed by atoms with Crippen molar-refractivity contribution in [1.82, 2.24) is 4.98 Å². The van der Waals surface area contributed by atoms with E-state index in [9.17, 15) is 5.11 Å². The van der Waals surface area contributed by atoms with Gasteiger partial charge < -0.3 is 15.3 Å². The third kappa shape index (κ3) is 7.82. The number of hydrogen-bond acceptors (Lipinski definition) is 5. The zero-order chi connectivity index (χ0) is 16.9. The summed E-state index contributed by atoms with van der Waals surface area (Å²) < 4.78 is 7.23. The van der Waals surface area contributed by atoms with Crippen molar-refractivity contribution >= 4 is 12.4 Å². The second-order valence-corrected chi connectivity index (χ2v) is 4.77. The van der Waals surface area contributed by atoms with Gasteiger partial charge in [0.1, 0.15) is 24.7 Å². The number of aliphatic imine (C=N–C) groups is 1. The highest BCUT2D eigenvalue weighted by molar-refractivity contribution is 6.14.